The van der Waals surface area contributed by atoms with Crippen LogP contribution in [0.3, 0.4) is 0 Å². The molecule has 0 aromatic rings. The van der Waals surface area contributed by atoms with Crippen LogP contribution in [0.15, 0.2) is 0 Å². The number of carboxylic acid groups (broad SMARTS) is 1. The molecule has 0 aromatic heterocycles. The number of ether oxygens (including phenoxy) is 1. The van der Waals surface area contributed by atoms with Gasteiger partial charge in [-0.05, 0) is 24.7 Å². The second-order valence-electron chi connectivity index (χ2n) is 6.10. The number of likely N-dealkylation sites (tertiary alicyclic amines) is 1. The van der Waals surface area contributed by atoms with E-state index in [0.29, 0.717) is 25.5 Å². The molecular weight excluding hydrogens is 272 g/mol. The fraction of sp³-hybridized carbons (Fsp3) is 0.867. The molecule has 2 amide bonds. The van der Waals surface area contributed by atoms with Crippen LogP contribution in [-0.2, 0) is 9.53 Å². The van der Waals surface area contributed by atoms with Gasteiger partial charge in [-0.15, -0.1) is 0 Å². The average Bonchev–Trinajstić information content (AvgIpc) is 2.45. The number of piperidine rings is 1. The molecule has 0 radical (unpaired) electrons. The summed E-state index contributed by atoms with van der Waals surface area (Å²) in [7, 11) is 1.59. The Morgan fingerprint density at radius 3 is 2.57 bits per heavy atom. The summed E-state index contributed by atoms with van der Waals surface area (Å²) >= 11 is 0. The molecule has 0 aliphatic carbocycles. The first-order valence-corrected chi connectivity index (χ1v) is 7.69. The third-order valence-electron chi connectivity index (χ3n) is 4.29. The van der Waals surface area contributed by atoms with Gasteiger partial charge in [-0.1, -0.05) is 27.2 Å². The zero-order chi connectivity index (χ0) is 16.0. The van der Waals surface area contributed by atoms with Crippen molar-refractivity contribution < 1.29 is 19.4 Å². The molecule has 1 saturated heterocycles. The van der Waals surface area contributed by atoms with Gasteiger partial charge in [0.25, 0.3) is 0 Å². The van der Waals surface area contributed by atoms with Crippen molar-refractivity contribution in [3.8, 4) is 0 Å². The van der Waals surface area contributed by atoms with Gasteiger partial charge in [0.15, 0.2) is 0 Å². The van der Waals surface area contributed by atoms with E-state index < -0.39 is 12.0 Å². The van der Waals surface area contributed by atoms with Gasteiger partial charge in [0.05, 0.1) is 12.6 Å². The Balaban J connectivity index is 2.72. The van der Waals surface area contributed by atoms with Crippen molar-refractivity contribution in [2.24, 2.45) is 11.8 Å². The second-order valence-corrected chi connectivity index (χ2v) is 6.10. The number of amides is 2. The Morgan fingerprint density at radius 2 is 2.10 bits per heavy atom. The van der Waals surface area contributed by atoms with E-state index in [1.807, 2.05) is 13.8 Å². The lowest BCUT2D eigenvalue weighted by molar-refractivity contribution is -0.144. The van der Waals surface area contributed by atoms with Crippen molar-refractivity contribution in [3.05, 3.63) is 0 Å². The Hall–Kier alpha value is -1.30. The molecule has 0 saturated carbocycles. The van der Waals surface area contributed by atoms with Crippen molar-refractivity contribution in [2.45, 2.75) is 52.1 Å². The molecule has 3 unspecified atom stereocenters. The molecule has 1 aliphatic heterocycles. The number of hydrogen-bond acceptors (Lipinski definition) is 3. The maximum Gasteiger partial charge on any atom is 0.326 e. The molecule has 1 aliphatic rings. The summed E-state index contributed by atoms with van der Waals surface area (Å²) in [6.07, 6.45) is 2.36. The van der Waals surface area contributed by atoms with Crippen LogP contribution in [0.2, 0.25) is 0 Å². The summed E-state index contributed by atoms with van der Waals surface area (Å²) < 4.78 is 5.11. The van der Waals surface area contributed by atoms with E-state index >= 15 is 0 Å². The van der Waals surface area contributed by atoms with Crippen LogP contribution in [0.1, 0.15) is 40.0 Å². The minimum Gasteiger partial charge on any atom is -0.480 e. The molecule has 3 atom stereocenters. The fourth-order valence-corrected chi connectivity index (χ4v) is 2.71. The lowest BCUT2D eigenvalue weighted by Gasteiger charge is -2.38. The Bertz CT molecular complexity index is 360. The van der Waals surface area contributed by atoms with Crippen molar-refractivity contribution in [2.75, 3.05) is 20.3 Å². The number of hydrogen-bond donors (Lipinski definition) is 2. The molecule has 0 bridgehead atoms. The SMILES string of the molecule is CCC1CCN(C(=O)NC(COC)C(C)C)C(C(=O)O)C1. The number of carboxylic acids is 1. The van der Waals surface area contributed by atoms with Crippen LogP contribution in [0.5, 0.6) is 0 Å². The number of rotatable bonds is 6. The van der Waals surface area contributed by atoms with Gasteiger partial charge in [-0.2, -0.15) is 0 Å². The molecule has 6 nitrogen and oxygen atoms in total. The Labute approximate surface area is 126 Å². The highest BCUT2D eigenvalue weighted by Crippen LogP contribution is 2.25. The zero-order valence-corrected chi connectivity index (χ0v) is 13.5. The molecule has 0 spiro atoms. The van der Waals surface area contributed by atoms with Gasteiger partial charge in [0, 0.05) is 13.7 Å². The summed E-state index contributed by atoms with van der Waals surface area (Å²) in [5, 5.41) is 12.3. The topological polar surface area (TPSA) is 78.9 Å². The van der Waals surface area contributed by atoms with Crippen LogP contribution >= 0.6 is 0 Å². The monoisotopic (exact) mass is 300 g/mol. The Morgan fingerprint density at radius 1 is 1.43 bits per heavy atom. The number of nitrogens with zero attached hydrogens (tertiary/aromatic N) is 1. The quantitative estimate of drug-likeness (QED) is 0.786. The van der Waals surface area contributed by atoms with E-state index in [1.165, 1.54) is 4.90 Å². The first kappa shape index (κ1) is 17.8. The van der Waals surface area contributed by atoms with E-state index in [4.69, 9.17) is 4.74 Å². The van der Waals surface area contributed by atoms with Gasteiger partial charge >= 0.3 is 12.0 Å². The molecule has 6 heteroatoms. The summed E-state index contributed by atoms with van der Waals surface area (Å²) in [6.45, 7) is 6.99. The van der Waals surface area contributed by atoms with Crippen molar-refractivity contribution in [1.82, 2.24) is 10.2 Å². The largest absolute Gasteiger partial charge is 0.480 e. The first-order chi connectivity index (χ1) is 9.90. The van der Waals surface area contributed by atoms with Gasteiger partial charge in [-0.25, -0.2) is 9.59 Å². The highest BCUT2D eigenvalue weighted by atomic mass is 16.5. The van der Waals surface area contributed by atoms with Crippen molar-refractivity contribution in [3.63, 3.8) is 0 Å². The van der Waals surface area contributed by atoms with E-state index in [9.17, 15) is 14.7 Å². The van der Waals surface area contributed by atoms with Crippen LogP contribution in [0.25, 0.3) is 0 Å². The minimum absolute atomic E-state index is 0.110. The number of urea groups is 1. The second kappa shape index (κ2) is 8.22. The van der Waals surface area contributed by atoms with E-state index in [1.54, 1.807) is 7.11 Å². The standard InChI is InChI=1S/C15H28N2O4/c1-5-11-6-7-17(13(8-11)14(18)19)15(20)16-12(9-21-4)10(2)3/h10-13H,5-9H2,1-4H3,(H,16,20)(H,18,19). The maximum atomic E-state index is 12.4. The highest BCUT2D eigenvalue weighted by Gasteiger charge is 2.36. The molecule has 122 valence electrons. The predicted octanol–water partition coefficient (Wildman–Crippen LogP) is 1.94. The normalized spacial score (nSPS) is 24.0. The van der Waals surface area contributed by atoms with E-state index in [-0.39, 0.29) is 18.0 Å². The summed E-state index contributed by atoms with van der Waals surface area (Å²) in [5.41, 5.74) is 0. The van der Waals surface area contributed by atoms with Crippen LogP contribution in [0, 0.1) is 11.8 Å². The first-order valence-electron chi connectivity index (χ1n) is 7.69. The summed E-state index contributed by atoms with van der Waals surface area (Å²) in [6, 6.07) is -1.13. The molecule has 2 N–H and O–H groups in total. The summed E-state index contributed by atoms with van der Waals surface area (Å²) in [4.78, 5) is 25.3. The van der Waals surface area contributed by atoms with Crippen LogP contribution in [0.4, 0.5) is 4.79 Å². The van der Waals surface area contributed by atoms with Crippen molar-refractivity contribution in [1.29, 1.82) is 0 Å². The molecule has 1 fully saturated rings. The Kier molecular flexibility index (Phi) is 6.95. The number of carbonyl (C=O) groups is 2. The predicted molar refractivity (Wildman–Crippen MR) is 80.2 cm³/mol. The summed E-state index contributed by atoms with van der Waals surface area (Å²) in [5.74, 6) is -0.309. The van der Waals surface area contributed by atoms with Gasteiger partial charge in [0.1, 0.15) is 6.04 Å². The average molecular weight is 300 g/mol. The molecule has 21 heavy (non-hydrogen) atoms. The molecule has 0 aromatic carbocycles. The number of aliphatic carboxylic acids is 1. The molecule has 1 rings (SSSR count). The lowest BCUT2D eigenvalue weighted by Crippen LogP contribution is -2.56. The fourth-order valence-electron chi connectivity index (χ4n) is 2.71. The van der Waals surface area contributed by atoms with Crippen LogP contribution < -0.4 is 5.32 Å². The van der Waals surface area contributed by atoms with Gasteiger partial charge in [0.2, 0.25) is 0 Å². The van der Waals surface area contributed by atoms with Crippen molar-refractivity contribution >= 4 is 12.0 Å². The molecular formula is C15H28N2O4. The zero-order valence-electron chi connectivity index (χ0n) is 13.5. The third kappa shape index (κ3) is 4.88. The third-order valence-corrected chi connectivity index (χ3v) is 4.29. The number of methoxy groups -OCH3 is 1. The highest BCUT2D eigenvalue weighted by molar-refractivity contribution is 5.83. The lowest BCUT2D eigenvalue weighted by atomic mass is 9.89. The van der Waals surface area contributed by atoms with Gasteiger partial charge in [-0.3, -0.25) is 0 Å². The molecule has 1 heterocycles. The van der Waals surface area contributed by atoms with E-state index in [0.717, 1.165) is 12.8 Å². The maximum absolute atomic E-state index is 12.4. The smallest absolute Gasteiger partial charge is 0.326 e. The minimum atomic E-state index is -0.920. The number of carbonyl (C=O) groups excluding carboxylic acids is 1. The van der Waals surface area contributed by atoms with Gasteiger partial charge < -0.3 is 20.1 Å². The van der Waals surface area contributed by atoms with Crippen LogP contribution in [-0.4, -0.2) is 54.4 Å². The van der Waals surface area contributed by atoms with E-state index in [2.05, 4.69) is 12.2 Å². The number of nitrogens with one attached hydrogen (secondary N) is 1.